The minimum atomic E-state index is -0.601. The molecule has 0 radical (unpaired) electrons. The maximum atomic E-state index is 13.2. The Balaban J connectivity index is 1.73. The van der Waals surface area contributed by atoms with Crippen LogP contribution in [0.4, 0.5) is 0 Å². The maximum absolute atomic E-state index is 13.2. The van der Waals surface area contributed by atoms with Gasteiger partial charge >= 0.3 is 0 Å². The van der Waals surface area contributed by atoms with E-state index in [2.05, 4.69) is 10.4 Å². The number of aromatic nitrogens is 3. The van der Waals surface area contributed by atoms with E-state index in [9.17, 15) is 19.5 Å². The number of hydrogen-bond donors (Lipinski definition) is 2. The summed E-state index contributed by atoms with van der Waals surface area (Å²) in [5, 5.41) is 19.0. The Bertz CT molecular complexity index is 1100. The van der Waals surface area contributed by atoms with Crippen molar-refractivity contribution in [1.29, 1.82) is 0 Å². The van der Waals surface area contributed by atoms with Gasteiger partial charge in [-0.1, -0.05) is 13.8 Å². The molecular weight excluding hydrogens is 414 g/mol. The number of hydrogen-bond acceptors (Lipinski definition) is 6. The van der Waals surface area contributed by atoms with Gasteiger partial charge in [0.05, 0.1) is 12.8 Å². The highest BCUT2D eigenvalue weighted by Gasteiger charge is 2.29. The van der Waals surface area contributed by atoms with E-state index in [0.717, 1.165) is 32.1 Å². The number of carbonyl (C=O) groups is 2. The summed E-state index contributed by atoms with van der Waals surface area (Å²) in [6.07, 6.45) is 8.92. The number of fused-ring (bicyclic) bond motifs is 1. The van der Waals surface area contributed by atoms with E-state index in [1.807, 2.05) is 13.8 Å². The number of hydroxylamine groups is 2. The van der Waals surface area contributed by atoms with Crippen LogP contribution in [-0.2, 0) is 16.2 Å². The average Bonchev–Trinajstić information content (AvgIpc) is 3.51. The molecule has 2 fully saturated rings. The zero-order valence-corrected chi connectivity index (χ0v) is 18.4. The lowest BCUT2D eigenvalue weighted by atomic mass is 10.2. The molecular formula is C22H29N5O5. The Morgan fingerprint density at radius 1 is 1.31 bits per heavy atom. The number of nitrogens with one attached hydrogen (secondary N) is 1. The second-order valence-corrected chi connectivity index (χ2v) is 8.76. The minimum Gasteiger partial charge on any atom is -0.492 e. The van der Waals surface area contributed by atoms with E-state index in [1.165, 1.54) is 26.4 Å². The normalized spacial score (nSPS) is 17.3. The fourth-order valence-electron chi connectivity index (χ4n) is 3.74. The largest absolute Gasteiger partial charge is 0.492 e. The number of nitrogens with zero attached hydrogens (tertiary/aromatic N) is 4. The van der Waals surface area contributed by atoms with Crippen LogP contribution in [0.15, 0.2) is 17.1 Å². The van der Waals surface area contributed by atoms with Gasteiger partial charge in [-0.15, -0.1) is 0 Å². The Morgan fingerprint density at radius 2 is 2.09 bits per heavy atom. The SMILES string of the molecule is CC(C)Cn1c(=O)c(C(=O)NC2CC2)c(O)n2ncc(/C=C/C(=O)N3CCCCCO3)c12. The Kier molecular flexibility index (Phi) is 6.31. The summed E-state index contributed by atoms with van der Waals surface area (Å²) in [4.78, 5) is 43.9. The van der Waals surface area contributed by atoms with Crippen LogP contribution >= 0.6 is 0 Å². The van der Waals surface area contributed by atoms with Gasteiger partial charge in [-0.2, -0.15) is 9.61 Å². The number of carbonyl (C=O) groups excluding carboxylic acids is 2. The lowest BCUT2D eigenvalue weighted by Crippen LogP contribution is -2.36. The predicted octanol–water partition coefficient (Wildman–Crippen LogP) is 1.71. The standard InChI is InChI=1S/C22H29N5O5/c1-14(2)13-25-20-15(6-9-17(28)26-10-4-3-5-11-32-26)12-23-27(20)22(31)18(21(25)30)19(29)24-16-7-8-16/h6,9,12,14,16,31H,3-5,7-8,10-11,13H2,1-2H3,(H,24,29)/b9-6+. The summed E-state index contributed by atoms with van der Waals surface area (Å²) in [6.45, 7) is 5.25. The Hall–Kier alpha value is -3.14. The highest BCUT2D eigenvalue weighted by Crippen LogP contribution is 2.23. The van der Waals surface area contributed by atoms with Crippen LogP contribution in [0, 0.1) is 5.92 Å². The highest BCUT2D eigenvalue weighted by atomic mass is 16.7. The summed E-state index contributed by atoms with van der Waals surface area (Å²) >= 11 is 0. The first-order valence-corrected chi connectivity index (χ1v) is 11.1. The monoisotopic (exact) mass is 443 g/mol. The van der Waals surface area contributed by atoms with Gasteiger partial charge in [-0.3, -0.25) is 23.8 Å². The first-order chi connectivity index (χ1) is 15.4. The van der Waals surface area contributed by atoms with Crippen LogP contribution in [0.1, 0.15) is 61.9 Å². The summed E-state index contributed by atoms with van der Waals surface area (Å²) in [7, 11) is 0. The lowest BCUT2D eigenvalue weighted by Gasteiger charge is -2.17. The van der Waals surface area contributed by atoms with E-state index in [0.29, 0.717) is 30.9 Å². The molecule has 1 saturated heterocycles. The number of rotatable bonds is 6. The third-order valence-electron chi connectivity index (χ3n) is 5.50. The first-order valence-electron chi connectivity index (χ1n) is 11.1. The van der Waals surface area contributed by atoms with Crippen LogP contribution in [0.3, 0.4) is 0 Å². The van der Waals surface area contributed by atoms with Crippen molar-refractivity contribution >= 4 is 23.5 Å². The van der Waals surface area contributed by atoms with E-state index < -0.39 is 17.3 Å². The molecule has 2 N–H and O–H groups in total. The molecule has 2 aromatic rings. The second kappa shape index (κ2) is 9.15. The van der Waals surface area contributed by atoms with E-state index in [-0.39, 0.29) is 23.4 Å². The molecule has 172 valence electrons. The van der Waals surface area contributed by atoms with Crippen molar-refractivity contribution in [2.24, 2.45) is 5.92 Å². The van der Waals surface area contributed by atoms with Crippen LogP contribution in [0.25, 0.3) is 11.7 Å². The van der Waals surface area contributed by atoms with Gasteiger partial charge in [0, 0.05) is 30.8 Å². The quantitative estimate of drug-likeness (QED) is 0.656. The Labute approximate surface area is 185 Å². The van der Waals surface area contributed by atoms with Crippen molar-refractivity contribution in [2.75, 3.05) is 13.2 Å². The summed E-state index contributed by atoms with van der Waals surface area (Å²) in [6, 6.07) is 0.0406. The Morgan fingerprint density at radius 3 is 2.81 bits per heavy atom. The first kappa shape index (κ1) is 22.1. The van der Waals surface area contributed by atoms with Crippen LogP contribution in [0.5, 0.6) is 5.88 Å². The van der Waals surface area contributed by atoms with Gasteiger partial charge in [-0.25, -0.2) is 5.06 Å². The molecule has 2 amide bonds. The molecule has 1 aliphatic heterocycles. The fourth-order valence-corrected chi connectivity index (χ4v) is 3.74. The van der Waals surface area contributed by atoms with Crippen molar-refractivity contribution < 1.29 is 19.5 Å². The highest BCUT2D eigenvalue weighted by molar-refractivity contribution is 5.97. The predicted molar refractivity (Wildman–Crippen MR) is 117 cm³/mol. The van der Waals surface area contributed by atoms with E-state index in [1.54, 1.807) is 6.08 Å². The van der Waals surface area contributed by atoms with Crippen LogP contribution < -0.4 is 10.9 Å². The maximum Gasteiger partial charge on any atom is 0.270 e. The van der Waals surface area contributed by atoms with Crippen LogP contribution in [0.2, 0.25) is 0 Å². The van der Waals surface area contributed by atoms with Crippen molar-refractivity contribution in [3.05, 3.63) is 33.8 Å². The zero-order chi connectivity index (χ0) is 22.8. The third kappa shape index (κ3) is 4.55. The molecule has 3 heterocycles. The molecule has 4 rings (SSSR count). The molecule has 32 heavy (non-hydrogen) atoms. The molecule has 2 aliphatic rings. The summed E-state index contributed by atoms with van der Waals surface area (Å²) in [5.41, 5.74) is -0.0997. The van der Waals surface area contributed by atoms with Crippen molar-refractivity contribution in [3.8, 4) is 5.88 Å². The van der Waals surface area contributed by atoms with E-state index in [4.69, 9.17) is 4.84 Å². The molecule has 0 atom stereocenters. The van der Waals surface area contributed by atoms with Crippen LogP contribution in [-0.4, -0.2) is 55.4 Å². The van der Waals surface area contributed by atoms with Gasteiger partial charge in [-0.05, 0) is 44.1 Å². The molecule has 0 unspecified atom stereocenters. The number of amides is 2. The van der Waals surface area contributed by atoms with Gasteiger partial charge in [0.15, 0.2) is 5.56 Å². The molecule has 1 aliphatic carbocycles. The smallest absolute Gasteiger partial charge is 0.270 e. The van der Waals surface area contributed by atoms with Crippen molar-refractivity contribution in [1.82, 2.24) is 24.6 Å². The molecule has 0 spiro atoms. The van der Waals surface area contributed by atoms with Gasteiger partial charge in [0.1, 0.15) is 5.65 Å². The molecule has 1 saturated carbocycles. The third-order valence-corrected chi connectivity index (χ3v) is 5.50. The summed E-state index contributed by atoms with van der Waals surface area (Å²) in [5.74, 6) is -1.31. The minimum absolute atomic E-state index is 0.0406. The fraction of sp³-hybridized carbons (Fsp3) is 0.545. The van der Waals surface area contributed by atoms with Gasteiger partial charge in [0.2, 0.25) is 5.88 Å². The molecule has 10 nitrogen and oxygen atoms in total. The van der Waals surface area contributed by atoms with Gasteiger partial charge in [0.25, 0.3) is 17.4 Å². The molecule has 0 bridgehead atoms. The molecule has 2 aromatic heterocycles. The van der Waals surface area contributed by atoms with E-state index >= 15 is 0 Å². The average molecular weight is 444 g/mol. The second-order valence-electron chi connectivity index (χ2n) is 8.76. The van der Waals surface area contributed by atoms with Gasteiger partial charge < -0.3 is 10.4 Å². The zero-order valence-electron chi connectivity index (χ0n) is 18.4. The number of aromatic hydroxyl groups is 1. The molecule has 0 aromatic carbocycles. The topological polar surface area (TPSA) is 118 Å². The lowest BCUT2D eigenvalue weighted by molar-refractivity contribution is -0.177. The van der Waals surface area contributed by atoms with Crippen molar-refractivity contribution in [2.45, 2.75) is 58.5 Å². The van der Waals surface area contributed by atoms with Crippen molar-refractivity contribution in [3.63, 3.8) is 0 Å². The molecule has 10 heteroatoms. The summed E-state index contributed by atoms with van der Waals surface area (Å²) < 4.78 is 2.62.